The van der Waals surface area contributed by atoms with Crippen molar-refractivity contribution < 1.29 is 12.8 Å². The van der Waals surface area contributed by atoms with Gasteiger partial charge in [0.15, 0.2) is 9.84 Å². The van der Waals surface area contributed by atoms with Gasteiger partial charge in [0, 0.05) is 6.26 Å². The van der Waals surface area contributed by atoms with Gasteiger partial charge in [0.25, 0.3) is 0 Å². The first-order chi connectivity index (χ1) is 8.11. The minimum absolute atomic E-state index is 0.327. The molecular weight excluding hydrogens is 255 g/mol. The molecule has 0 saturated carbocycles. The number of rotatable bonds is 4. The fraction of sp³-hybridized carbons (Fsp3) is 0.500. The Morgan fingerprint density at radius 3 is 2.33 bits per heavy atom. The van der Waals surface area contributed by atoms with Gasteiger partial charge in [0.05, 0.1) is 10.8 Å². The molecule has 1 aromatic carbocycles. The summed E-state index contributed by atoms with van der Waals surface area (Å²) in [6.45, 7) is 4.80. The average Bonchev–Trinajstić information content (AvgIpc) is 2.22. The normalized spacial score (nSPS) is 14.6. The molecule has 0 heterocycles. The number of hydrogen-bond donors (Lipinski definition) is 2. The van der Waals surface area contributed by atoms with E-state index in [9.17, 15) is 12.8 Å². The van der Waals surface area contributed by atoms with Crippen LogP contribution >= 0.6 is 0 Å². The van der Waals surface area contributed by atoms with Gasteiger partial charge in [-0.3, -0.25) is 11.3 Å². The summed E-state index contributed by atoms with van der Waals surface area (Å²) in [6, 6.07) is 3.85. The van der Waals surface area contributed by atoms with Crippen molar-refractivity contribution in [2.75, 3.05) is 6.26 Å². The van der Waals surface area contributed by atoms with E-state index in [1.807, 2.05) is 0 Å². The van der Waals surface area contributed by atoms with E-state index in [0.29, 0.717) is 11.1 Å². The lowest BCUT2D eigenvalue weighted by Gasteiger charge is -2.32. The number of hydrogen-bond acceptors (Lipinski definition) is 4. The first-order valence-electron chi connectivity index (χ1n) is 5.53. The highest BCUT2D eigenvalue weighted by atomic mass is 32.2. The summed E-state index contributed by atoms with van der Waals surface area (Å²) in [5.74, 6) is 5.14. The molecule has 1 atom stereocenters. The molecule has 0 fully saturated rings. The summed E-state index contributed by atoms with van der Waals surface area (Å²) in [4.78, 5) is 0. The van der Waals surface area contributed by atoms with Gasteiger partial charge in [-0.2, -0.15) is 0 Å². The number of hydrazine groups is 1. The molecule has 0 aliphatic heterocycles. The molecule has 18 heavy (non-hydrogen) atoms. The van der Waals surface area contributed by atoms with Gasteiger partial charge in [-0.05, 0) is 38.0 Å². The van der Waals surface area contributed by atoms with Crippen LogP contribution in [-0.2, 0) is 9.84 Å². The summed E-state index contributed by atoms with van der Waals surface area (Å²) in [5.41, 5.74) is 3.61. The molecule has 6 heteroatoms. The molecule has 0 bridgehead atoms. The lowest BCUT2D eigenvalue weighted by atomic mass is 9.94. The number of aryl methyl sites for hydroxylation is 1. The first-order valence-corrected chi connectivity index (χ1v) is 7.42. The topological polar surface area (TPSA) is 72.2 Å². The van der Waals surface area contributed by atoms with Crippen LogP contribution in [0.25, 0.3) is 0 Å². The van der Waals surface area contributed by atoms with E-state index >= 15 is 0 Å². The molecule has 0 aliphatic rings. The van der Waals surface area contributed by atoms with Crippen molar-refractivity contribution in [3.63, 3.8) is 0 Å². The maximum absolute atomic E-state index is 13.2. The van der Waals surface area contributed by atoms with E-state index in [4.69, 9.17) is 5.84 Å². The maximum Gasteiger partial charge on any atom is 0.154 e. The van der Waals surface area contributed by atoms with E-state index in [1.165, 1.54) is 6.07 Å². The predicted octanol–water partition coefficient (Wildman–Crippen LogP) is 1.46. The summed E-state index contributed by atoms with van der Waals surface area (Å²) in [7, 11) is -3.32. The van der Waals surface area contributed by atoms with E-state index < -0.39 is 20.6 Å². The zero-order chi connectivity index (χ0) is 14.1. The van der Waals surface area contributed by atoms with E-state index in [-0.39, 0.29) is 5.82 Å². The number of sulfone groups is 1. The third-order valence-corrected chi connectivity index (χ3v) is 5.48. The minimum atomic E-state index is -3.32. The summed E-state index contributed by atoms with van der Waals surface area (Å²) >= 11 is 0. The van der Waals surface area contributed by atoms with Crippen molar-refractivity contribution in [3.8, 4) is 0 Å². The van der Waals surface area contributed by atoms with E-state index in [0.717, 1.165) is 6.26 Å². The van der Waals surface area contributed by atoms with Crippen molar-refractivity contribution in [2.24, 2.45) is 5.84 Å². The Kier molecular flexibility index (Phi) is 4.15. The standard InChI is InChI=1S/C12H19FN2O2S/c1-8-7-9(5-6-10(8)13)11(15-14)12(2,3)18(4,16)17/h5-7,11,15H,14H2,1-4H3. The molecule has 0 amide bonds. The summed E-state index contributed by atoms with van der Waals surface area (Å²) < 4.78 is 35.8. The number of nitrogens with two attached hydrogens (primary N) is 1. The second kappa shape index (κ2) is 4.95. The SMILES string of the molecule is Cc1cc(C(NN)C(C)(C)S(C)(=O)=O)ccc1F. The Balaban J connectivity index is 3.30. The lowest BCUT2D eigenvalue weighted by molar-refractivity contribution is 0.427. The number of benzene rings is 1. The van der Waals surface area contributed by atoms with Gasteiger partial charge in [0.2, 0.25) is 0 Å². The fourth-order valence-electron chi connectivity index (χ4n) is 1.76. The Morgan fingerprint density at radius 1 is 1.39 bits per heavy atom. The highest BCUT2D eigenvalue weighted by Crippen LogP contribution is 2.32. The smallest absolute Gasteiger partial charge is 0.154 e. The van der Waals surface area contributed by atoms with Gasteiger partial charge in [0.1, 0.15) is 5.82 Å². The average molecular weight is 274 g/mol. The zero-order valence-corrected chi connectivity index (χ0v) is 11.8. The Hall–Kier alpha value is -0.980. The fourth-order valence-corrected chi connectivity index (χ4v) is 2.39. The largest absolute Gasteiger partial charge is 0.271 e. The van der Waals surface area contributed by atoms with Crippen molar-refractivity contribution in [3.05, 3.63) is 35.1 Å². The van der Waals surface area contributed by atoms with Crippen LogP contribution in [0.2, 0.25) is 0 Å². The second-order valence-electron chi connectivity index (χ2n) is 4.98. The van der Waals surface area contributed by atoms with E-state index in [1.54, 1.807) is 32.9 Å². The lowest BCUT2D eigenvalue weighted by Crippen LogP contribution is -2.47. The van der Waals surface area contributed by atoms with Crippen molar-refractivity contribution >= 4 is 9.84 Å². The minimum Gasteiger partial charge on any atom is -0.271 e. The molecule has 0 aromatic heterocycles. The van der Waals surface area contributed by atoms with Crippen LogP contribution in [0, 0.1) is 12.7 Å². The Morgan fingerprint density at radius 2 is 1.94 bits per heavy atom. The van der Waals surface area contributed by atoms with Gasteiger partial charge >= 0.3 is 0 Å². The molecule has 1 aromatic rings. The van der Waals surface area contributed by atoms with Crippen LogP contribution in [0.5, 0.6) is 0 Å². The quantitative estimate of drug-likeness (QED) is 0.644. The first kappa shape index (κ1) is 15.1. The van der Waals surface area contributed by atoms with Crippen molar-refractivity contribution in [1.82, 2.24) is 5.43 Å². The van der Waals surface area contributed by atoms with Gasteiger partial charge in [-0.25, -0.2) is 12.8 Å². The van der Waals surface area contributed by atoms with E-state index in [2.05, 4.69) is 5.43 Å². The monoisotopic (exact) mass is 274 g/mol. The third-order valence-electron chi connectivity index (χ3n) is 3.33. The predicted molar refractivity (Wildman–Crippen MR) is 70.1 cm³/mol. The molecule has 1 unspecified atom stereocenters. The zero-order valence-electron chi connectivity index (χ0n) is 11.0. The van der Waals surface area contributed by atoms with Crippen LogP contribution in [0.1, 0.15) is 31.0 Å². The number of halogens is 1. The summed E-state index contributed by atoms with van der Waals surface area (Å²) in [5, 5.41) is 0. The third kappa shape index (κ3) is 2.71. The molecule has 1 rings (SSSR count). The molecule has 0 spiro atoms. The van der Waals surface area contributed by atoms with Crippen LogP contribution in [0.3, 0.4) is 0 Å². The molecule has 0 radical (unpaired) electrons. The van der Waals surface area contributed by atoms with Crippen LogP contribution in [0.4, 0.5) is 4.39 Å². The molecule has 0 aliphatic carbocycles. The molecule has 0 saturated heterocycles. The van der Waals surface area contributed by atoms with Crippen molar-refractivity contribution in [2.45, 2.75) is 31.6 Å². The Bertz CT molecular complexity index is 541. The maximum atomic E-state index is 13.2. The number of nitrogens with one attached hydrogen (secondary N) is 1. The Labute approximate surface area is 107 Å². The molecule has 4 nitrogen and oxygen atoms in total. The summed E-state index contributed by atoms with van der Waals surface area (Å²) in [6.07, 6.45) is 1.16. The molecule has 3 N–H and O–H groups in total. The van der Waals surface area contributed by atoms with Crippen LogP contribution in [0.15, 0.2) is 18.2 Å². The van der Waals surface area contributed by atoms with Gasteiger partial charge in [-0.15, -0.1) is 0 Å². The van der Waals surface area contributed by atoms with Crippen LogP contribution < -0.4 is 11.3 Å². The molecule has 102 valence electrons. The van der Waals surface area contributed by atoms with Crippen molar-refractivity contribution in [1.29, 1.82) is 0 Å². The second-order valence-corrected chi connectivity index (χ2v) is 7.58. The van der Waals surface area contributed by atoms with Gasteiger partial charge in [-0.1, -0.05) is 12.1 Å². The van der Waals surface area contributed by atoms with Gasteiger partial charge < -0.3 is 0 Å². The molecular formula is C12H19FN2O2S. The highest BCUT2D eigenvalue weighted by Gasteiger charge is 2.39. The highest BCUT2D eigenvalue weighted by molar-refractivity contribution is 7.92. The van der Waals surface area contributed by atoms with Crippen LogP contribution in [-0.4, -0.2) is 19.4 Å².